The van der Waals surface area contributed by atoms with Crippen LogP contribution in [0.3, 0.4) is 0 Å². The average molecular weight is 264 g/mol. The van der Waals surface area contributed by atoms with Crippen molar-refractivity contribution in [2.45, 2.75) is 6.54 Å². The molecule has 0 amide bonds. The largest absolute Gasteiger partial charge is 0.356 e. The number of rotatable bonds is 4. The van der Waals surface area contributed by atoms with E-state index in [2.05, 4.69) is 36.2 Å². The Balaban J connectivity index is 1.95. The normalized spacial score (nSPS) is 10.7. The molecule has 0 bridgehead atoms. The number of pyridine rings is 1. The molecule has 20 heavy (non-hydrogen) atoms. The van der Waals surface area contributed by atoms with Crippen molar-refractivity contribution in [3.05, 3.63) is 71.9 Å². The number of aromatic nitrogens is 1. The molecule has 0 radical (unpaired) electrons. The van der Waals surface area contributed by atoms with Crippen LogP contribution < -0.4 is 4.90 Å². The van der Waals surface area contributed by atoms with Gasteiger partial charge in [0, 0.05) is 30.9 Å². The van der Waals surface area contributed by atoms with Crippen LogP contribution in [0.2, 0.25) is 0 Å². The third-order valence-electron chi connectivity index (χ3n) is 3.44. The van der Waals surface area contributed by atoms with Gasteiger partial charge in [-0.3, -0.25) is 4.79 Å². The Bertz CT molecular complexity index is 731. The van der Waals surface area contributed by atoms with Crippen molar-refractivity contribution in [1.29, 1.82) is 0 Å². The van der Waals surface area contributed by atoms with Crippen molar-refractivity contribution in [1.82, 2.24) is 4.40 Å². The highest BCUT2D eigenvalue weighted by Crippen LogP contribution is 2.20. The summed E-state index contributed by atoms with van der Waals surface area (Å²) in [5, 5.41) is 0. The molecule has 3 heteroatoms. The molecular weight excluding hydrogens is 248 g/mol. The maximum atomic E-state index is 10.9. The highest BCUT2D eigenvalue weighted by Gasteiger charge is 2.07. The van der Waals surface area contributed by atoms with Crippen molar-refractivity contribution < 1.29 is 4.79 Å². The van der Waals surface area contributed by atoms with Crippen LogP contribution in [0.4, 0.5) is 5.82 Å². The summed E-state index contributed by atoms with van der Waals surface area (Å²) in [6.45, 7) is 0.832. The molecule has 3 aromatic rings. The smallest absolute Gasteiger partial charge is 0.151 e. The van der Waals surface area contributed by atoms with Crippen molar-refractivity contribution in [2.75, 3.05) is 11.9 Å². The molecule has 3 rings (SSSR count). The molecule has 0 spiro atoms. The Morgan fingerprint density at radius 3 is 2.55 bits per heavy atom. The molecule has 3 nitrogen and oxygen atoms in total. The Morgan fingerprint density at radius 2 is 1.80 bits per heavy atom. The zero-order valence-electron chi connectivity index (χ0n) is 11.4. The van der Waals surface area contributed by atoms with Crippen LogP contribution in [-0.2, 0) is 6.54 Å². The number of hydrogen-bond donors (Lipinski definition) is 0. The summed E-state index contributed by atoms with van der Waals surface area (Å²) in [5.41, 5.74) is 3.03. The van der Waals surface area contributed by atoms with E-state index in [1.807, 2.05) is 40.9 Å². The quantitative estimate of drug-likeness (QED) is 0.675. The summed E-state index contributed by atoms with van der Waals surface area (Å²) in [7, 11) is 2.06. The van der Waals surface area contributed by atoms with Crippen LogP contribution in [-0.4, -0.2) is 17.7 Å². The van der Waals surface area contributed by atoms with Gasteiger partial charge in [-0.1, -0.05) is 30.3 Å². The van der Waals surface area contributed by atoms with E-state index in [1.54, 1.807) is 0 Å². The summed E-state index contributed by atoms with van der Waals surface area (Å²) >= 11 is 0. The number of nitrogens with zero attached hydrogens (tertiary/aromatic N) is 2. The molecule has 2 heterocycles. The van der Waals surface area contributed by atoms with E-state index in [1.165, 1.54) is 5.56 Å². The molecule has 0 fully saturated rings. The van der Waals surface area contributed by atoms with E-state index >= 15 is 0 Å². The molecule has 0 saturated heterocycles. The van der Waals surface area contributed by atoms with Gasteiger partial charge >= 0.3 is 0 Å². The van der Waals surface area contributed by atoms with E-state index in [4.69, 9.17) is 0 Å². The third kappa shape index (κ3) is 2.30. The maximum absolute atomic E-state index is 10.9. The molecule has 0 aliphatic heterocycles. The summed E-state index contributed by atoms with van der Waals surface area (Å²) in [6.07, 6.45) is 2.75. The Morgan fingerprint density at radius 1 is 1.05 bits per heavy atom. The van der Waals surface area contributed by atoms with Gasteiger partial charge < -0.3 is 9.30 Å². The number of benzene rings is 1. The van der Waals surface area contributed by atoms with Crippen molar-refractivity contribution in [3.63, 3.8) is 0 Å². The first-order chi connectivity index (χ1) is 9.78. The second-order valence-electron chi connectivity index (χ2n) is 4.91. The van der Waals surface area contributed by atoms with Gasteiger partial charge in [0.2, 0.25) is 0 Å². The summed E-state index contributed by atoms with van der Waals surface area (Å²) in [6, 6.07) is 18.3. The lowest BCUT2D eigenvalue weighted by molar-refractivity contribution is 0.112. The fraction of sp³-hybridized carbons (Fsp3) is 0.118. The van der Waals surface area contributed by atoms with Gasteiger partial charge in [-0.25, -0.2) is 0 Å². The minimum Gasteiger partial charge on any atom is -0.356 e. The first-order valence-electron chi connectivity index (χ1n) is 6.59. The van der Waals surface area contributed by atoms with Crippen molar-refractivity contribution in [3.8, 4) is 0 Å². The highest BCUT2D eigenvalue weighted by molar-refractivity contribution is 5.76. The van der Waals surface area contributed by atoms with Gasteiger partial charge in [0.05, 0.1) is 0 Å². The Hall–Kier alpha value is -2.55. The number of hydrogen-bond acceptors (Lipinski definition) is 2. The molecule has 0 N–H and O–H groups in total. The topological polar surface area (TPSA) is 24.7 Å². The Kier molecular flexibility index (Phi) is 3.25. The van der Waals surface area contributed by atoms with E-state index < -0.39 is 0 Å². The fourth-order valence-corrected chi connectivity index (χ4v) is 2.42. The molecule has 0 unspecified atom stereocenters. The predicted molar refractivity (Wildman–Crippen MR) is 81.3 cm³/mol. The van der Waals surface area contributed by atoms with Crippen LogP contribution in [0.25, 0.3) is 5.52 Å². The summed E-state index contributed by atoms with van der Waals surface area (Å²) in [4.78, 5) is 13.1. The monoisotopic (exact) mass is 264 g/mol. The van der Waals surface area contributed by atoms with E-state index in [0.29, 0.717) is 5.56 Å². The predicted octanol–water partition coefficient (Wildman–Crippen LogP) is 3.39. The van der Waals surface area contributed by atoms with Gasteiger partial charge in [-0.2, -0.15) is 0 Å². The molecule has 0 atom stereocenters. The van der Waals surface area contributed by atoms with Gasteiger partial charge in [-0.05, 0) is 29.8 Å². The fourth-order valence-electron chi connectivity index (χ4n) is 2.42. The van der Waals surface area contributed by atoms with Gasteiger partial charge in [0.15, 0.2) is 6.29 Å². The minimum absolute atomic E-state index is 0.683. The summed E-state index contributed by atoms with van der Waals surface area (Å²) in [5.74, 6) is 1.08. The standard InChI is InChI=1S/C17H16N2O/c1-18(11-14-5-3-2-4-6-14)17-10-9-16-8-7-15(13-20)12-19(16)17/h2-10,12-13H,11H2,1H3. The zero-order valence-corrected chi connectivity index (χ0v) is 11.4. The second kappa shape index (κ2) is 5.21. The lowest BCUT2D eigenvalue weighted by atomic mass is 10.2. The number of carbonyl (C=O) groups excluding carboxylic acids is 1. The molecule has 0 saturated carbocycles. The maximum Gasteiger partial charge on any atom is 0.151 e. The van der Waals surface area contributed by atoms with Crippen molar-refractivity contribution >= 4 is 17.6 Å². The molecule has 2 aromatic heterocycles. The molecule has 0 aliphatic rings. The van der Waals surface area contributed by atoms with E-state index in [0.717, 1.165) is 24.2 Å². The van der Waals surface area contributed by atoms with E-state index in [-0.39, 0.29) is 0 Å². The highest BCUT2D eigenvalue weighted by atomic mass is 16.1. The second-order valence-corrected chi connectivity index (χ2v) is 4.91. The van der Waals surface area contributed by atoms with Crippen LogP contribution in [0.1, 0.15) is 15.9 Å². The lowest BCUT2D eigenvalue weighted by Gasteiger charge is -2.19. The lowest BCUT2D eigenvalue weighted by Crippen LogP contribution is -2.18. The molecule has 0 aliphatic carbocycles. The van der Waals surface area contributed by atoms with Crippen LogP contribution >= 0.6 is 0 Å². The first kappa shape index (κ1) is 12.5. The molecule has 1 aromatic carbocycles. The SMILES string of the molecule is CN(Cc1ccccc1)c1ccc2ccc(C=O)cn12. The van der Waals surface area contributed by atoms with Crippen LogP contribution in [0, 0.1) is 0 Å². The molecule has 100 valence electrons. The summed E-state index contributed by atoms with van der Waals surface area (Å²) < 4.78 is 2.05. The van der Waals surface area contributed by atoms with E-state index in [9.17, 15) is 4.79 Å². The van der Waals surface area contributed by atoms with Gasteiger partial charge in [-0.15, -0.1) is 0 Å². The first-order valence-corrected chi connectivity index (χ1v) is 6.59. The van der Waals surface area contributed by atoms with Crippen molar-refractivity contribution in [2.24, 2.45) is 0 Å². The Labute approximate surface area is 118 Å². The van der Waals surface area contributed by atoms with Crippen LogP contribution in [0.15, 0.2) is 60.8 Å². The van der Waals surface area contributed by atoms with Crippen LogP contribution in [0.5, 0.6) is 0 Å². The number of fused-ring (bicyclic) bond motifs is 1. The van der Waals surface area contributed by atoms with Gasteiger partial charge in [0.1, 0.15) is 5.82 Å². The minimum atomic E-state index is 0.683. The number of carbonyl (C=O) groups is 1. The number of aldehydes is 1. The third-order valence-corrected chi connectivity index (χ3v) is 3.44. The average Bonchev–Trinajstić information content (AvgIpc) is 2.91. The number of anilines is 1. The zero-order chi connectivity index (χ0) is 13.9. The van der Waals surface area contributed by atoms with Gasteiger partial charge in [0.25, 0.3) is 0 Å². The molecular formula is C17H16N2O.